The van der Waals surface area contributed by atoms with E-state index in [0.717, 1.165) is 161 Å². The van der Waals surface area contributed by atoms with Gasteiger partial charge in [0.05, 0.1) is 36.6 Å². The molecule has 0 aliphatic carbocycles. The topological polar surface area (TPSA) is 279 Å². The Balaban J connectivity index is 0.00000127. The number of aliphatic hydroxyl groups excluding tert-OH is 6. The largest absolute Gasteiger partial charge is 0.392 e. The molecule has 0 unspecified atom stereocenters. The van der Waals surface area contributed by atoms with Crippen molar-refractivity contribution >= 4 is 29.6 Å². The SMILES string of the molecule is CCCCCCCCCC[C@H](O)CN(CCCC[C@@H](N)C(=O)ON1C(=O)CCC1=O)C[C@@H](O)CCCCCCCCCC.CCCCCCCCCC[C@H](O)CN(CCCC[C@H]1NC(=O)[C@@H](CCCCN(C[C@@H](O)CCCCCCCCCC)C[C@@H](O)CCCCCCCCCC)NC1=O)C[C@@H](O)CCCCCCCCCC. The number of amides is 4. The molecule has 2 rings (SSSR count). The van der Waals surface area contributed by atoms with Gasteiger partial charge >= 0.3 is 5.97 Å². The normalized spacial score (nSPS) is 16.6. The van der Waals surface area contributed by atoms with Gasteiger partial charge < -0.3 is 51.8 Å². The number of piperazine rings is 1. The summed E-state index contributed by atoms with van der Waals surface area (Å²) in [6.45, 7) is 18.9. The summed E-state index contributed by atoms with van der Waals surface area (Å²) in [6, 6.07) is -2.01. The van der Waals surface area contributed by atoms with Gasteiger partial charge in [-0.05, 0) is 110 Å². The van der Waals surface area contributed by atoms with E-state index < -0.39 is 72.5 Å². The minimum Gasteiger partial charge on any atom is -0.392 e. The third-order valence-electron chi connectivity index (χ3n) is 23.6. The molecule has 0 aromatic rings. The van der Waals surface area contributed by atoms with Crippen molar-refractivity contribution in [3.8, 4) is 0 Å². The first-order valence-corrected chi connectivity index (χ1v) is 48.6. The smallest absolute Gasteiger partial charge is 0.349 e. The van der Waals surface area contributed by atoms with E-state index in [1.165, 1.54) is 231 Å². The van der Waals surface area contributed by atoms with Gasteiger partial charge in [-0.1, -0.05) is 356 Å². The summed E-state index contributed by atoms with van der Waals surface area (Å²) in [4.78, 5) is 73.8. The Morgan fingerprint density at radius 3 is 0.735 bits per heavy atom. The van der Waals surface area contributed by atoms with Crippen LogP contribution in [0.15, 0.2) is 0 Å². The number of hydrogen-bond donors (Lipinski definition) is 9. The molecular formula is C94H185N7O12. The lowest BCUT2D eigenvalue weighted by Gasteiger charge is -2.31. The zero-order chi connectivity index (χ0) is 82.8. The number of nitrogens with zero attached hydrogens (tertiary/aromatic N) is 4. The fourth-order valence-corrected chi connectivity index (χ4v) is 16.3. The fraction of sp³-hybridized carbons (Fsp3) is 0.947. The van der Waals surface area contributed by atoms with E-state index in [0.29, 0.717) is 76.6 Å². The van der Waals surface area contributed by atoms with E-state index in [1.807, 2.05) is 0 Å². The van der Waals surface area contributed by atoms with E-state index in [1.54, 1.807) is 0 Å². The summed E-state index contributed by atoms with van der Waals surface area (Å²) in [5.74, 6) is -2.04. The number of nitrogens with one attached hydrogen (secondary N) is 2. The molecule has 0 radical (unpaired) electrons. The van der Waals surface area contributed by atoms with Gasteiger partial charge in [-0.3, -0.25) is 33.9 Å². The Kier molecular flexibility index (Phi) is 74.4. The maximum Gasteiger partial charge on any atom is 0.349 e. The van der Waals surface area contributed by atoms with Crippen LogP contribution in [-0.2, 0) is 28.8 Å². The van der Waals surface area contributed by atoms with Crippen molar-refractivity contribution in [2.75, 3.05) is 58.9 Å². The molecule has 0 spiro atoms. The third kappa shape index (κ3) is 64.7. The van der Waals surface area contributed by atoms with Crippen LogP contribution < -0.4 is 16.4 Å². The summed E-state index contributed by atoms with van der Waals surface area (Å²) >= 11 is 0. The molecule has 0 aromatic carbocycles. The molecule has 2 saturated heterocycles. The first kappa shape index (κ1) is 108. The van der Waals surface area contributed by atoms with Crippen molar-refractivity contribution in [2.45, 2.75) is 514 Å². The minimum absolute atomic E-state index is 0.0486. The van der Waals surface area contributed by atoms with Crippen molar-refractivity contribution in [1.82, 2.24) is 30.4 Å². The van der Waals surface area contributed by atoms with Crippen LogP contribution in [0.1, 0.15) is 459 Å². The molecule has 4 amide bonds. The highest BCUT2D eigenvalue weighted by Gasteiger charge is 2.35. The average Bonchev–Trinajstić information content (AvgIpc) is 1.61. The van der Waals surface area contributed by atoms with Crippen LogP contribution in [0.25, 0.3) is 0 Å². The number of aliphatic hydroxyl groups is 6. The summed E-state index contributed by atoms with van der Waals surface area (Å²) in [7, 11) is 0. The molecule has 9 atom stereocenters. The Morgan fingerprint density at radius 2 is 0.513 bits per heavy atom. The maximum atomic E-state index is 13.3. The van der Waals surface area contributed by atoms with Crippen molar-refractivity contribution in [1.29, 1.82) is 0 Å². The highest BCUT2D eigenvalue weighted by atomic mass is 16.7. The lowest BCUT2D eigenvalue weighted by atomic mass is 10.0. The molecule has 113 heavy (non-hydrogen) atoms. The highest BCUT2D eigenvalue weighted by Crippen LogP contribution is 2.22. The van der Waals surface area contributed by atoms with Crippen molar-refractivity contribution < 1.29 is 59.4 Å². The zero-order valence-electron chi connectivity index (χ0n) is 74.5. The Bertz CT molecular complexity index is 1990. The number of nitrogens with two attached hydrogens (primary N) is 1. The van der Waals surface area contributed by atoms with E-state index >= 15 is 0 Å². The molecule has 19 nitrogen and oxygen atoms in total. The van der Waals surface area contributed by atoms with Gasteiger partial charge in [0.25, 0.3) is 11.8 Å². The maximum absolute atomic E-state index is 13.3. The number of carbonyl (C=O) groups excluding carboxylic acids is 5. The second-order valence-electron chi connectivity index (χ2n) is 35.0. The molecule has 19 heteroatoms. The van der Waals surface area contributed by atoms with Crippen LogP contribution in [0.5, 0.6) is 0 Å². The predicted octanol–water partition coefficient (Wildman–Crippen LogP) is 19.7. The van der Waals surface area contributed by atoms with Crippen LogP contribution in [0.2, 0.25) is 0 Å². The quantitative estimate of drug-likeness (QED) is 0.0202. The van der Waals surface area contributed by atoms with Crippen LogP contribution in [0.3, 0.4) is 0 Å². The number of hydroxylamine groups is 2. The Labute approximate surface area is 694 Å². The molecule has 668 valence electrons. The highest BCUT2D eigenvalue weighted by molar-refractivity contribution is 6.01. The lowest BCUT2D eigenvalue weighted by Crippen LogP contribution is -2.61. The Morgan fingerprint density at radius 1 is 0.319 bits per heavy atom. The minimum atomic E-state index is -0.922. The van der Waals surface area contributed by atoms with Gasteiger partial charge in [-0.2, -0.15) is 0 Å². The van der Waals surface area contributed by atoms with Crippen LogP contribution in [0.4, 0.5) is 0 Å². The first-order chi connectivity index (χ1) is 54.9. The van der Waals surface area contributed by atoms with E-state index in [-0.39, 0.29) is 24.7 Å². The summed E-state index contributed by atoms with van der Waals surface area (Å²) < 4.78 is 0. The second kappa shape index (κ2) is 77.7. The number of rotatable bonds is 83. The number of unbranched alkanes of at least 4 members (excludes halogenated alkanes) is 45. The van der Waals surface area contributed by atoms with E-state index in [9.17, 15) is 54.6 Å². The van der Waals surface area contributed by atoms with Crippen LogP contribution >= 0.6 is 0 Å². The number of imide groups is 1. The third-order valence-corrected chi connectivity index (χ3v) is 23.6. The van der Waals surface area contributed by atoms with Gasteiger partial charge in [-0.25, -0.2) is 4.79 Å². The molecular weight excluding hydrogens is 1420 g/mol. The first-order valence-electron chi connectivity index (χ1n) is 48.6. The van der Waals surface area contributed by atoms with Crippen LogP contribution in [-0.4, -0.2) is 194 Å². The molecule has 0 bridgehead atoms. The standard InChI is InChI=1S/C60H120N4O6.C34H65N3O6/c1-5-9-13-17-21-25-29-33-41-53(65)49-63(50-54(66)42-34-30-26-22-18-14-10-6-2)47-39-37-45-57-59(69)62-58(60(70)61-57)46-38-40-48-64(51-55(67)43-35-31-27-23-19-15-11-7-3)52-56(68)44-36-32-28-24-20-16-12-8-4;1-3-5-7-9-11-13-15-17-21-29(38)27-36(28-30(39)22-18-16-14-12-10-8-6-4-2)26-20-19-23-31(35)34(42)43-37-32(40)24-25-33(37)41/h53-58,65-68H,5-52H2,1-4H3,(H,61,70)(H,62,69);29-31,38-39H,3-28,35H2,1-2H3/t53-,54-,55-,56-,57+,58+;29-,30-,31+/m00/s1. The summed E-state index contributed by atoms with van der Waals surface area (Å²) in [6.07, 6.45) is 67.9. The average molecular weight is 1610 g/mol. The predicted molar refractivity (Wildman–Crippen MR) is 469 cm³/mol. The molecule has 2 heterocycles. The van der Waals surface area contributed by atoms with E-state index in [4.69, 9.17) is 10.6 Å². The zero-order valence-corrected chi connectivity index (χ0v) is 74.5. The molecule has 0 aromatic heterocycles. The van der Waals surface area contributed by atoms with Gasteiger partial charge in [0.15, 0.2) is 0 Å². The molecule has 0 saturated carbocycles. The lowest BCUT2D eigenvalue weighted by molar-refractivity contribution is -0.198. The molecule has 2 fully saturated rings. The fourth-order valence-electron chi connectivity index (χ4n) is 16.3. The Hall–Kier alpha value is -2.85. The summed E-state index contributed by atoms with van der Waals surface area (Å²) in [5, 5.41) is 72.3. The number of hydrogen-bond acceptors (Lipinski definition) is 16. The van der Waals surface area contributed by atoms with Crippen LogP contribution in [0, 0.1) is 0 Å². The van der Waals surface area contributed by atoms with Gasteiger partial charge in [-0.15, -0.1) is 5.06 Å². The summed E-state index contributed by atoms with van der Waals surface area (Å²) in [5.41, 5.74) is 5.97. The molecule has 2 aliphatic heterocycles. The van der Waals surface area contributed by atoms with Gasteiger partial charge in [0.1, 0.15) is 18.1 Å². The van der Waals surface area contributed by atoms with Gasteiger partial charge in [0, 0.05) is 52.1 Å². The monoisotopic (exact) mass is 1600 g/mol. The van der Waals surface area contributed by atoms with E-state index in [2.05, 4.69) is 66.9 Å². The van der Waals surface area contributed by atoms with Gasteiger partial charge in [0.2, 0.25) is 11.8 Å². The van der Waals surface area contributed by atoms with Crippen molar-refractivity contribution in [2.24, 2.45) is 5.73 Å². The van der Waals surface area contributed by atoms with Crippen molar-refractivity contribution in [3.63, 3.8) is 0 Å². The van der Waals surface area contributed by atoms with Crippen molar-refractivity contribution in [3.05, 3.63) is 0 Å². The molecule has 10 N–H and O–H groups in total. The molecule has 2 aliphatic rings. The number of carbonyl (C=O) groups is 5. The second-order valence-corrected chi connectivity index (χ2v) is 35.0.